The van der Waals surface area contributed by atoms with E-state index in [-0.39, 0.29) is 36.4 Å². The van der Waals surface area contributed by atoms with Gasteiger partial charge in [-0.15, -0.1) is 5.10 Å². The van der Waals surface area contributed by atoms with E-state index in [1.807, 2.05) is 111 Å². The Balaban J connectivity index is 1.10. The number of amides is 3. The van der Waals surface area contributed by atoms with Crippen LogP contribution in [0.3, 0.4) is 0 Å². The molecule has 0 saturated carbocycles. The van der Waals surface area contributed by atoms with Gasteiger partial charge in [-0.1, -0.05) is 60.7 Å². The Bertz CT molecular complexity index is 2410. The number of aryl methyl sites for hydroxylation is 3. The zero-order valence-electron chi connectivity index (χ0n) is 33.0. The number of anilines is 5. The van der Waals surface area contributed by atoms with E-state index < -0.39 is 25.9 Å². The molecule has 4 atom stereocenters. The van der Waals surface area contributed by atoms with Gasteiger partial charge in [-0.25, -0.2) is 0 Å². The second kappa shape index (κ2) is 14.7. The molecule has 0 aliphatic carbocycles. The Morgan fingerprint density at radius 2 is 1.43 bits per heavy atom. The summed E-state index contributed by atoms with van der Waals surface area (Å²) in [5.74, 6) is -0.590. The number of benzene rings is 4. The van der Waals surface area contributed by atoms with Crippen molar-refractivity contribution in [3.8, 4) is 0 Å². The molecule has 2 N–H and O–H groups in total. The third-order valence-corrected chi connectivity index (χ3v) is 15.0. The first-order chi connectivity index (χ1) is 28.0. The summed E-state index contributed by atoms with van der Waals surface area (Å²) in [6, 6.07) is 29.5. The zero-order valence-corrected chi connectivity index (χ0v) is 34.0. The molecule has 1 saturated heterocycles. The van der Waals surface area contributed by atoms with Gasteiger partial charge in [0.2, 0.25) is 11.8 Å². The molecule has 9 rings (SSSR count). The van der Waals surface area contributed by atoms with E-state index in [0.717, 1.165) is 33.8 Å². The maximum Gasteiger partial charge on any atom is 0.264 e. The summed E-state index contributed by atoms with van der Waals surface area (Å²) in [4.78, 5) is 59.4. The molecule has 12 nitrogen and oxygen atoms in total. The highest BCUT2D eigenvalue weighted by Gasteiger charge is 2.66. The number of para-hydroxylation sites is 2. The number of carbonyl (C=O) groups is 3. The molecular formula is C45H48N6O6Si. The molecule has 1 aromatic heterocycles. The predicted octanol–water partition coefficient (Wildman–Crippen LogP) is 6.47. The summed E-state index contributed by atoms with van der Waals surface area (Å²) in [7, 11) is -2.97. The normalized spacial score (nSPS) is 22.8. The lowest BCUT2D eigenvalue weighted by Gasteiger charge is -2.33. The SMILES string of the molecule is C[C@@H]1[C@@H]([Si](C)(C)O)[C@H](CCn2cc(CCO)nn2)O[C@@]12C(=O)N(Cc1ccc(N3C(=O)CCc4ccccc43)cc1)c1ccc(N3C(=O)CCc4ccccc43)cc12. The van der Waals surface area contributed by atoms with Gasteiger partial charge in [0.15, 0.2) is 13.9 Å². The van der Waals surface area contributed by atoms with Crippen LogP contribution >= 0.6 is 0 Å². The number of fused-ring (bicyclic) bond motifs is 4. The van der Waals surface area contributed by atoms with Crippen LogP contribution in [0.5, 0.6) is 0 Å². The Labute approximate surface area is 338 Å². The summed E-state index contributed by atoms with van der Waals surface area (Å²) in [6.45, 7) is 6.51. The lowest BCUT2D eigenvalue weighted by atomic mass is 9.82. The van der Waals surface area contributed by atoms with Crippen LogP contribution < -0.4 is 14.7 Å². The van der Waals surface area contributed by atoms with Crippen LogP contribution in [0.2, 0.25) is 18.6 Å². The quantitative estimate of drug-likeness (QED) is 0.153. The minimum atomic E-state index is -2.97. The standard InChI is InChI=1S/C45H48N6O6Si/c1-29-43(58(2,3)56)40(22-24-48-28-33(23-25-52)46-47-48)57-45(29)36-26-35(51-38-11-7-5-9-32(38)15-21-42(51)54)18-19-39(36)49(44(45)55)27-30-12-16-34(17-13-30)50-37-10-6-4-8-31(37)14-20-41(50)53/h4-13,16-19,26,28-29,40,43,52,56H,14-15,20-25,27H2,1-3H3/t29-,40+,43-,45+/m1/s1. The number of aliphatic hydroxyl groups excluding tert-OH is 1. The van der Waals surface area contributed by atoms with Crippen molar-refractivity contribution in [3.63, 3.8) is 0 Å². The first kappa shape index (κ1) is 38.1. The number of ether oxygens (including phenoxy) is 1. The van der Waals surface area contributed by atoms with E-state index in [2.05, 4.69) is 16.4 Å². The molecule has 1 spiro atoms. The Kier molecular flexibility index (Phi) is 9.66. The van der Waals surface area contributed by atoms with Gasteiger partial charge in [-0.2, -0.15) is 0 Å². The molecule has 0 bridgehead atoms. The van der Waals surface area contributed by atoms with Gasteiger partial charge in [0.1, 0.15) is 0 Å². The van der Waals surface area contributed by atoms with Crippen molar-refractivity contribution in [2.75, 3.05) is 21.3 Å². The summed E-state index contributed by atoms with van der Waals surface area (Å²) in [6.07, 6.45) is 4.41. The monoisotopic (exact) mass is 796 g/mol. The molecule has 0 unspecified atom stereocenters. The van der Waals surface area contributed by atoms with E-state index >= 15 is 4.79 Å². The lowest BCUT2D eigenvalue weighted by Crippen LogP contribution is -2.46. The molecule has 0 radical (unpaired) electrons. The van der Waals surface area contributed by atoms with E-state index in [9.17, 15) is 19.5 Å². The van der Waals surface area contributed by atoms with Crippen molar-refractivity contribution < 1.29 is 29.0 Å². The van der Waals surface area contributed by atoms with Gasteiger partial charge in [0, 0.05) is 67.0 Å². The number of nitrogens with zero attached hydrogens (tertiary/aromatic N) is 6. The van der Waals surface area contributed by atoms with E-state index in [0.29, 0.717) is 67.7 Å². The summed E-state index contributed by atoms with van der Waals surface area (Å²) < 4.78 is 8.88. The number of aromatic nitrogens is 3. The Morgan fingerprint density at radius 3 is 2.07 bits per heavy atom. The fourth-order valence-corrected chi connectivity index (χ4v) is 12.5. The maximum atomic E-state index is 15.4. The van der Waals surface area contributed by atoms with Crippen molar-refractivity contribution in [3.05, 3.63) is 125 Å². The average molecular weight is 797 g/mol. The highest BCUT2D eigenvalue weighted by atomic mass is 28.4. The first-order valence-electron chi connectivity index (χ1n) is 20.2. The van der Waals surface area contributed by atoms with Crippen molar-refractivity contribution in [2.24, 2.45) is 5.92 Å². The largest absolute Gasteiger partial charge is 0.432 e. The molecular weight excluding hydrogens is 749 g/mol. The summed E-state index contributed by atoms with van der Waals surface area (Å²) >= 11 is 0. The smallest absolute Gasteiger partial charge is 0.264 e. The first-order valence-corrected chi connectivity index (χ1v) is 23.3. The van der Waals surface area contributed by atoms with E-state index in [4.69, 9.17) is 4.74 Å². The maximum absolute atomic E-state index is 15.4. The van der Waals surface area contributed by atoms with Crippen molar-refractivity contribution in [1.29, 1.82) is 0 Å². The molecule has 4 aromatic carbocycles. The molecule has 13 heteroatoms. The second-order valence-electron chi connectivity index (χ2n) is 16.6. The van der Waals surface area contributed by atoms with Gasteiger partial charge in [0.05, 0.1) is 35.4 Å². The van der Waals surface area contributed by atoms with Crippen LogP contribution in [0.1, 0.15) is 54.1 Å². The molecule has 4 aliphatic rings. The molecule has 3 amide bonds. The van der Waals surface area contributed by atoms with Crippen LogP contribution in [0.4, 0.5) is 28.4 Å². The lowest BCUT2D eigenvalue weighted by molar-refractivity contribution is -0.146. The van der Waals surface area contributed by atoms with Crippen LogP contribution in [0.25, 0.3) is 0 Å². The number of hydrogen-bond donors (Lipinski definition) is 2. The Morgan fingerprint density at radius 1 is 0.810 bits per heavy atom. The van der Waals surface area contributed by atoms with Crippen LogP contribution in [-0.2, 0) is 57.1 Å². The molecule has 5 heterocycles. The summed E-state index contributed by atoms with van der Waals surface area (Å²) in [5.41, 5.74) is 6.58. The van der Waals surface area contributed by atoms with Crippen LogP contribution in [0.15, 0.2) is 97.2 Å². The fourth-order valence-electron chi connectivity index (χ4n) is 9.92. The van der Waals surface area contributed by atoms with Crippen molar-refractivity contribution in [1.82, 2.24) is 15.0 Å². The van der Waals surface area contributed by atoms with Gasteiger partial charge in [0.25, 0.3) is 5.91 Å². The minimum Gasteiger partial charge on any atom is -0.432 e. The third-order valence-electron chi connectivity index (χ3n) is 12.5. The molecule has 298 valence electrons. The molecule has 1 fully saturated rings. The topological polar surface area (TPSA) is 141 Å². The third kappa shape index (κ3) is 6.37. The highest BCUT2D eigenvalue weighted by molar-refractivity contribution is 6.71. The number of hydrogen-bond acceptors (Lipinski definition) is 8. The molecule has 58 heavy (non-hydrogen) atoms. The second-order valence-corrected chi connectivity index (χ2v) is 20.5. The predicted molar refractivity (Wildman–Crippen MR) is 222 cm³/mol. The average Bonchev–Trinajstić information content (AvgIpc) is 3.86. The van der Waals surface area contributed by atoms with Gasteiger partial charge in [-0.05, 0) is 91.5 Å². The number of aliphatic hydroxyl groups is 1. The zero-order chi connectivity index (χ0) is 40.3. The van der Waals surface area contributed by atoms with E-state index in [1.54, 1.807) is 19.4 Å². The van der Waals surface area contributed by atoms with Gasteiger partial charge < -0.3 is 19.5 Å². The highest BCUT2D eigenvalue weighted by Crippen LogP contribution is 2.60. The van der Waals surface area contributed by atoms with Gasteiger partial charge in [-0.3, -0.25) is 28.9 Å². The molecule has 5 aromatic rings. The number of rotatable bonds is 10. The molecule has 4 aliphatic heterocycles. The van der Waals surface area contributed by atoms with Crippen LogP contribution in [0, 0.1) is 5.92 Å². The van der Waals surface area contributed by atoms with E-state index in [1.165, 1.54) is 0 Å². The van der Waals surface area contributed by atoms with Crippen molar-refractivity contribution >= 4 is 54.5 Å². The van der Waals surface area contributed by atoms with Crippen molar-refractivity contribution in [2.45, 2.75) is 88.9 Å². The Hall–Kier alpha value is -5.47. The minimum absolute atomic E-state index is 0.0165. The summed E-state index contributed by atoms with van der Waals surface area (Å²) in [5, 5.41) is 17.8. The van der Waals surface area contributed by atoms with Crippen LogP contribution in [-0.4, -0.2) is 63.6 Å². The number of carbonyl (C=O) groups excluding carboxylic acids is 3. The fraction of sp³-hybridized carbons (Fsp3) is 0.356. The van der Waals surface area contributed by atoms with Gasteiger partial charge >= 0.3 is 0 Å².